The summed E-state index contributed by atoms with van der Waals surface area (Å²) in [6.45, 7) is 12.6. The number of piperazine rings is 1. The van der Waals surface area contributed by atoms with Crippen LogP contribution in [0.1, 0.15) is 54.6 Å². The molecule has 0 spiro atoms. The second kappa shape index (κ2) is 14.2. The molecule has 0 aliphatic carbocycles. The second-order valence-corrected chi connectivity index (χ2v) is 13.4. The number of imidazole rings is 1. The molecule has 4 aromatic rings. The molecular formula is C38H44FN5O4. The zero-order valence-electron chi connectivity index (χ0n) is 28.2. The molecule has 0 atom stereocenters. The second-order valence-electron chi connectivity index (χ2n) is 13.4. The normalized spacial score (nSPS) is 15.0. The number of carbonyl (C=O) groups is 2. The van der Waals surface area contributed by atoms with Gasteiger partial charge in [-0.05, 0) is 63.9 Å². The molecule has 10 heteroatoms. The van der Waals surface area contributed by atoms with E-state index < -0.39 is 11.4 Å². The smallest absolute Gasteiger partial charge is 0.410 e. The number of carbonyl (C=O) groups excluding carboxylic acids is 2. The van der Waals surface area contributed by atoms with Crippen LogP contribution in [0.2, 0.25) is 0 Å². The zero-order valence-corrected chi connectivity index (χ0v) is 28.2. The summed E-state index contributed by atoms with van der Waals surface area (Å²) in [6, 6.07) is 22.6. The molecule has 1 saturated heterocycles. The van der Waals surface area contributed by atoms with Crippen molar-refractivity contribution in [3.63, 3.8) is 0 Å². The van der Waals surface area contributed by atoms with Gasteiger partial charge in [0.25, 0.3) is 5.91 Å². The topological polar surface area (TPSA) is 80.1 Å². The Kier molecular flexibility index (Phi) is 9.82. The predicted molar refractivity (Wildman–Crippen MR) is 184 cm³/mol. The number of nitrogens with zero attached hydrogens (tertiary/aromatic N) is 5. The van der Waals surface area contributed by atoms with E-state index in [1.807, 2.05) is 70.2 Å². The molecule has 1 fully saturated rings. The van der Waals surface area contributed by atoms with Gasteiger partial charge in [-0.25, -0.2) is 14.2 Å². The van der Waals surface area contributed by atoms with Crippen LogP contribution in [0.5, 0.6) is 5.75 Å². The number of amides is 2. The Morgan fingerprint density at radius 3 is 2.38 bits per heavy atom. The van der Waals surface area contributed by atoms with Crippen molar-refractivity contribution in [1.82, 2.24) is 19.4 Å². The number of anilines is 1. The maximum absolute atomic E-state index is 15.3. The van der Waals surface area contributed by atoms with E-state index in [4.69, 9.17) is 14.5 Å². The lowest BCUT2D eigenvalue weighted by atomic mass is 10.1. The molecule has 2 aliphatic rings. The first-order valence-corrected chi connectivity index (χ1v) is 16.7. The largest absolute Gasteiger partial charge is 0.490 e. The Morgan fingerprint density at radius 2 is 1.65 bits per heavy atom. The van der Waals surface area contributed by atoms with Gasteiger partial charge in [0.1, 0.15) is 11.4 Å². The number of hydrogen-bond donors (Lipinski definition) is 0. The molecule has 1 aromatic heterocycles. The van der Waals surface area contributed by atoms with Crippen molar-refractivity contribution in [2.45, 2.75) is 52.7 Å². The van der Waals surface area contributed by atoms with Gasteiger partial charge in [-0.2, -0.15) is 0 Å². The van der Waals surface area contributed by atoms with Crippen molar-refractivity contribution >= 4 is 17.7 Å². The van der Waals surface area contributed by atoms with Crippen LogP contribution in [0.25, 0.3) is 11.3 Å². The third-order valence-corrected chi connectivity index (χ3v) is 8.76. The van der Waals surface area contributed by atoms with Crippen LogP contribution in [0.15, 0.2) is 72.8 Å². The Hall–Kier alpha value is -4.70. The summed E-state index contributed by atoms with van der Waals surface area (Å²) >= 11 is 0. The Balaban J connectivity index is 1.07. The number of halogens is 1. The molecule has 252 valence electrons. The van der Waals surface area contributed by atoms with Crippen LogP contribution in [0.4, 0.5) is 14.9 Å². The van der Waals surface area contributed by atoms with Gasteiger partial charge >= 0.3 is 6.09 Å². The predicted octanol–water partition coefficient (Wildman–Crippen LogP) is 6.57. The molecule has 0 N–H and O–H groups in total. The lowest BCUT2D eigenvalue weighted by molar-refractivity contribution is 0.0142. The fourth-order valence-corrected chi connectivity index (χ4v) is 6.38. The minimum absolute atomic E-state index is 0.125. The van der Waals surface area contributed by atoms with Crippen molar-refractivity contribution in [3.05, 3.63) is 101 Å². The van der Waals surface area contributed by atoms with E-state index in [-0.39, 0.29) is 23.3 Å². The van der Waals surface area contributed by atoms with Crippen LogP contribution in [0, 0.1) is 12.7 Å². The Labute approximate surface area is 281 Å². The fourth-order valence-electron chi connectivity index (χ4n) is 6.38. The molecule has 0 bridgehead atoms. The highest BCUT2D eigenvalue weighted by molar-refractivity contribution is 6.08. The number of ether oxygens (including phenoxy) is 2. The van der Waals surface area contributed by atoms with Gasteiger partial charge < -0.3 is 23.8 Å². The minimum Gasteiger partial charge on any atom is -0.490 e. The van der Waals surface area contributed by atoms with Crippen LogP contribution in [-0.2, 0) is 17.7 Å². The number of aromatic nitrogens is 2. The third-order valence-electron chi connectivity index (χ3n) is 8.76. The zero-order chi connectivity index (χ0) is 33.8. The molecule has 2 aliphatic heterocycles. The van der Waals surface area contributed by atoms with E-state index in [0.717, 1.165) is 48.1 Å². The standard InChI is InChI=1S/C38H44FN5O4/c1-27-40-32-17-19-43(33-14-9-8-13-30(33)35(32)44(27)26-28-11-6-5-7-12-28)36(45)29-15-16-34(31(39)25-29)47-24-10-18-41-20-22-42(23-21-41)37(46)48-38(2,3)4/h5-9,11-16,25H,10,17-24,26H2,1-4H3. The van der Waals surface area contributed by atoms with Crippen LogP contribution in [0.3, 0.4) is 0 Å². The van der Waals surface area contributed by atoms with Crippen molar-refractivity contribution in [2.75, 3.05) is 50.8 Å². The van der Waals surface area contributed by atoms with Crippen LogP contribution < -0.4 is 9.64 Å². The van der Waals surface area contributed by atoms with Gasteiger partial charge in [-0.15, -0.1) is 0 Å². The third kappa shape index (κ3) is 7.54. The number of aryl methyl sites for hydroxylation is 1. The van der Waals surface area contributed by atoms with Gasteiger partial charge in [0.15, 0.2) is 11.6 Å². The summed E-state index contributed by atoms with van der Waals surface area (Å²) in [5, 5.41) is 0. The summed E-state index contributed by atoms with van der Waals surface area (Å²) in [6.07, 6.45) is 1.01. The monoisotopic (exact) mass is 653 g/mol. The van der Waals surface area contributed by atoms with Crippen molar-refractivity contribution in [2.24, 2.45) is 0 Å². The summed E-state index contributed by atoms with van der Waals surface area (Å²) in [7, 11) is 0. The van der Waals surface area contributed by atoms with Crippen molar-refractivity contribution in [1.29, 1.82) is 0 Å². The highest BCUT2D eigenvalue weighted by Gasteiger charge is 2.30. The molecule has 3 heterocycles. The highest BCUT2D eigenvalue weighted by Crippen LogP contribution is 2.38. The van der Waals surface area contributed by atoms with Gasteiger partial charge in [0.05, 0.1) is 23.7 Å². The SMILES string of the molecule is Cc1nc2c(n1Cc1ccccc1)-c1ccccc1N(C(=O)c1ccc(OCCCN3CCN(C(=O)OC(C)(C)C)CC3)c(F)c1)CC2. The van der Waals surface area contributed by atoms with E-state index >= 15 is 4.39 Å². The van der Waals surface area contributed by atoms with Gasteiger partial charge in [0, 0.05) is 63.4 Å². The van der Waals surface area contributed by atoms with Crippen molar-refractivity contribution < 1.29 is 23.5 Å². The number of hydrogen-bond acceptors (Lipinski definition) is 6. The summed E-state index contributed by atoms with van der Waals surface area (Å²) in [5.41, 5.74) is 4.60. The molecule has 0 saturated carbocycles. The molecule has 0 unspecified atom stereocenters. The first-order chi connectivity index (χ1) is 23.1. The van der Waals surface area contributed by atoms with Crippen molar-refractivity contribution in [3.8, 4) is 17.0 Å². The maximum atomic E-state index is 15.3. The van der Waals surface area contributed by atoms with Crippen LogP contribution >= 0.6 is 0 Å². The molecule has 6 rings (SSSR count). The molecule has 2 amide bonds. The van der Waals surface area contributed by atoms with E-state index in [9.17, 15) is 9.59 Å². The number of benzene rings is 3. The van der Waals surface area contributed by atoms with Gasteiger partial charge in [-0.1, -0.05) is 48.5 Å². The van der Waals surface area contributed by atoms with E-state index in [1.54, 1.807) is 21.9 Å². The first-order valence-electron chi connectivity index (χ1n) is 16.7. The quantitative estimate of drug-likeness (QED) is 0.200. The van der Waals surface area contributed by atoms with Gasteiger partial charge in [0.2, 0.25) is 0 Å². The summed E-state index contributed by atoms with van der Waals surface area (Å²) < 4.78 is 28.7. The van der Waals surface area contributed by atoms with E-state index in [0.29, 0.717) is 45.6 Å². The van der Waals surface area contributed by atoms with Crippen LogP contribution in [-0.4, -0.2) is 82.8 Å². The average Bonchev–Trinajstić information content (AvgIpc) is 3.27. The number of rotatable bonds is 8. The van der Waals surface area contributed by atoms with Gasteiger partial charge in [-0.3, -0.25) is 9.69 Å². The average molecular weight is 654 g/mol. The fraction of sp³-hybridized carbons (Fsp3) is 0.395. The number of para-hydroxylation sites is 1. The van der Waals surface area contributed by atoms with E-state index in [1.165, 1.54) is 11.6 Å². The lowest BCUT2D eigenvalue weighted by Gasteiger charge is -2.35. The Morgan fingerprint density at radius 1 is 0.917 bits per heavy atom. The molecule has 0 radical (unpaired) electrons. The Bertz CT molecular complexity index is 1760. The summed E-state index contributed by atoms with van der Waals surface area (Å²) in [4.78, 5) is 36.9. The first kappa shape index (κ1) is 33.2. The molecular weight excluding hydrogens is 609 g/mol. The highest BCUT2D eigenvalue weighted by atomic mass is 19.1. The van der Waals surface area contributed by atoms with E-state index in [2.05, 4.69) is 21.6 Å². The minimum atomic E-state index is -0.565. The molecule has 3 aromatic carbocycles. The summed E-state index contributed by atoms with van der Waals surface area (Å²) in [5.74, 6) is 0.219. The lowest BCUT2D eigenvalue weighted by Crippen LogP contribution is -2.50. The number of fused-ring (bicyclic) bond motifs is 3. The molecule has 48 heavy (non-hydrogen) atoms. The maximum Gasteiger partial charge on any atom is 0.410 e. The molecule has 9 nitrogen and oxygen atoms in total.